The van der Waals surface area contributed by atoms with Gasteiger partial charge in [0.05, 0.1) is 12.1 Å². The molecule has 1 aromatic carbocycles. The monoisotopic (exact) mass is 299 g/mol. The van der Waals surface area contributed by atoms with Crippen LogP contribution in [0.4, 0.5) is 0 Å². The third-order valence-corrected chi connectivity index (χ3v) is 2.63. The Labute approximate surface area is 96.4 Å². The van der Waals surface area contributed by atoms with E-state index in [1.165, 1.54) is 3.57 Å². The Kier molecular flexibility index (Phi) is 2.86. The summed E-state index contributed by atoms with van der Waals surface area (Å²) in [6.07, 6.45) is 1.78. The number of hydrogen-bond donors (Lipinski definition) is 0. The van der Waals surface area contributed by atoms with Gasteiger partial charge in [-0.2, -0.15) is 0 Å². The highest BCUT2D eigenvalue weighted by molar-refractivity contribution is 14.1. The molecular weight excluding hydrogens is 289 g/mol. The molecule has 2 nitrogen and oxygen atoms in total. The Bertz CT molecular complexity index is 456. The summed E-state index contributed by atoms with van der Waals surface area (Å²) >= 11 is 2.29. The summed E-state index contributed by atoms with van der Waals surface area (Å²) in [4.78, 5) is 4.28. The zero-order valence-electron chi connectivity index (χ0n) is 7.83. The molecule has 0 aliphatic rings. The predicted octanol–water partition coefficient (Wildman–Crippen LogP) is 3.24. The SMILES string of the molecule is CCOc1ccnc2ccc(I)cc12. The van der Waals surface area contributed by atoms with Crippen molar-refractivity contribution in [2.75, 3.05) is 6.61 Å². The third kappa shape index (κ3) is 1.82. The lowest BCUT2D eigenvalue weighted by Crippen LogP contribution is -1.93. The fraction of sp³-hybridized carbons (Fsp3) is 0.182. The van der Waals surface area contributed by atoms with Crippen LogP contribution in [0.3, 0.4) is 0 Å². The fourth-order valence-electron chi connectivity index (χ4n) is 1.37. The molecule has 0 spiro atoms. The van der Waals surface area contributed by atoms with Crippen LogP contribution in [0.2, 0.25) is 0 Å². The number of nitrogens with zero attached hydrogens (tertiary/aromatic N) is 1. The van der Waals surface area contributed by atoms with Crippen molar-refractivity contribution >= 4 is 33.5 Å². The van der Waals surface area contributed by atoms with Gasteiger partial charge in [0, 0.05) is 15.2 Å². The summed E-state index contributed by atoms with van der Waals surface area (Å²) < 4.78 is 6.73. The second-order valence-corrected chi connectivity index (χ2v) is 4.15. The summed E-state index contributed by atoms with van der Waals surface area (Å²) in [5.41, 5.74) is 0.983. The molecule has 0 N–H and O–H groups in total. The Balaban J connectivity index is 2.64. The van der Waals surface area contributed by atoms with Gasteiger partial charge < -0.3 is 4.74 Å². The minimum atomic E-state index is 0.685. The van der Waals surface area contributed by atoms with Crippen LogP contribution in [-0.2, 0) is 0 Å². The molecule has 2 aromatic rings. The zero-order valence-corrected chi connectivity index (χ0v) is 9.98. The second kappa shape index (κ2) is 4.13. The van der Waals surface area contributed by atoms with Gasteiger partial charge in [-0.05, 0) is 53.8 Å². The van der Waals surface area contributed by atoms with Gasteiger partial charge in [-0.1, -0.05) is 0 Å². The number of benzene rings is 1. The summed E-state index contributed by atoms with van der Waals surface area (Å²) in [5.74, 6) is 0.913. The molecular formula is C11H10INO. The van der Waals surface area contributed by atoms with Crippen molar-refractivity contribution in [2.24, 2.45) is 0 Å². The van der Waals surface area contributed by atoms with Gasteiger partial charge >= 0.3 is 0 Å². The van der Waals surface area contributed by atoms with E-state index in [4.69, 9.17) is 4.74 Å². The quantitative estimate of drug-likeness (QED) is 0.794. The average molecular weight is 299 g/mol. The first-order valence-corrected chi connectivity index (χ1v) is 5.56. The molecule has 0 saturated heterocycles. The van der Waals surface area contributed by atoms with Gasteiger partial charge in [-0.25, -0.2) is 0 Å². The highest BCUT2D eigenvalue weighted by Gasteiger charge is 2.02. The van der Waals surface area contributed by atoms with Crippen molar-refractivity contribution in [1.82, 2.24) is 4.98 Å². The molecule has 2 rings (SSSR count). The van der Waals surface area contributed by atoms with Crippen LogP contribution in [0, 0.1) is 3.57 Å². The van der Waals surface area contributed by atoms with Crippen LogP contribution < -0.4 is 4.74 Å². The molecule has 0 amide bonds. The lowest BCUT2D eigenvalue weighted by atomic mass is 10.2. The molecule has 1 aromatic heterocycles. The van der Waals surface area contributed by atoms with E-state index in [1.807, 2.05) is 25.1 Å². The van der Waals surface area contributed by atoms with Crippen molar-refractivity contribution in [3.05, 3.63) is 34.0 Å². The predicted molar refractivity (Wildman–Crippen MR) is 65.6 cm³/mol. The largest absolute Gasteiger partial charge is 0.493 e. The number of pyridine rings is 1. The van der Waals surface area contributed by atoms with Gasteiger partial charge in [0.25, 0.3) is 0 Å². The van der Waals surface area contributed by atoms with Gasteiger partial charge in [-0.3, -0.25) is 4.98 Å². The summed E-state index contributed by atoms with van der Waals surface area (Å²) in [6, 6.07) is 8.06. The number of halogens is 1. The summed E-state index contributed by atoms with van der Waals surface area (Å²) in [5, 5.41) is 1.08. The van der Waals surface area contributed by atoms with Gasteiger partial charge in [0.2, 0.25) is 0 Å². The van der Waals surface area contributed by atoms with Crippen molar-refractivity contribution in [3.8, 4) is 5.75 Å². The van der Waals surface area contributed by atoms with E-state index in [0.29, 0.717) is 6.61 Å². The van der Waals surface area contributed by atoms with E-state index in [0.717, 1.165) is 16.7 Å². The van der Waals surface area contributed by atoms with Crippen LogP contribution in [-0.4, -0.2) is 11.6 Å². The van der Waals surface area contributed by atoms with Crippen LogP contribution >= 0.6 is 22.6 Å². The van der Waals surface area contributed by atoms with E-state index in [-0.39, 0.29) is 0 Å². The molecule has 0 atom stereocenters. The first kappa shape index (κ1) is 9.71. The Hall–Kier alpha value is -0.840. The number of ether oxygens (including phenoxy) is 1. The topological polar surface area (TPSA) is 22.1 Å². The minimum Gasteiger partial charge on any atom is -0.493 e. The van der Waals surface area contributed by atoms with E-state index >= 15 is 0 Å². The van der Waals surface area contributed by atoms with Crippen LogP contribution in [0.5, 0.6) is 5.75 Å². The second-order valence-electron chi connectivity index (χ2n) is 2.90. The number of aromatic nitrogens is 1. The molecule has 0 aliphatic heterocycles. The van der Waals surface area contributed by atoms with Crippen LogP contribution in [0.25, 0.3) is 10.9 Å². The smallest absolute Gasteiger partial charge is 0.130 e. The molecule has 72 valence electrons. The molecule has 0 bridgehead atoms. The molecule has 0 fully saturated rings. The first-order valence-electron chi connectivity index (χ1n) is 4.48. The Morgan fingerprint density at radius 3 is 3.00 bits per heavy atom. The normalized spacial score (nSPS) is 10.4. The van der Waals surface area contributed by atoms with Gasteiger partial charge in [-0.15, -0.1) is 0 Å². The van der Waals surface area contributed by atoms with E-state index in [9.17, 15) is 0 Å². The molecule has 0 saturated carbocycles. The molecule has 0 unspecified atom stereocenters. The van der Waals surface area contributed by atoms with Crippen LogP contribution in [0.1, 0.15) is 6.92 Å². The summed E-state index contributed by atoms with van der Waals surface area (Å²) in [6.45, 7) is 2.67. The highest BCUT2D eigenvalue weighted by atomic mass is 127. The van der Waals surface area contributed by atoms with Gasteiger partial charge in [0.15, 0.2) is 0 Å². The maximum absolute atomic E-state index is 5.53. The minimum absolute atomic E-state index is 0.685. The van der Waals surface area contributed by atoms with E-state index < -0.39 is 0 Å². The van der Waals surface area contributed by atoms with E-state index in [1.54, 1.807) is 6.20 Å². The Morgan fingerprint density at radius 2 is 2.21 bits per heavy atom. The Morgan fingerprint density at radius 1 is 1.36 bits per heavy atom. The first-order chi connectivity index (χ1) is 6.81. The standard InChI is InChI=1S/C11H10INO/c1-2-14-11-5-6-13-10-4-3-8(12)7-9(10)11/h3-7H,2H2,1H3. The lowest BCUT2D eigenvalue weighted by molar-refractivity contribution is 0.344. The third-order valence-electron chi connectivity index (χ3n) is 1.96. The number of rotatable bonds is 2. The highest BCUT2D eigenvalue weighted by Crippen LogP contribution is 2.25. The van der Waals surface area contributed by atoms with Crippen molar-refractivity contribution in [2.45, 2.75) is 6.92 Å². The lowest BCUT2D eigenvalue weighted by Gasteiger charge is -2.06. The number of fused-ring (bicyclic) bond motifs is 1. The molecule has 1 heterocycles. The average Bonchev–Trinajstić information content (AvgIpc) is 2.19. The fourth-order valence-corrected chi connectivity index (χ4v) is 1.87. The molecule has 3 heteroatoms. The van der Waals surface area contributed by atoms with Crippen LogP contribution in [0.15, 0.2) is 30.5 Å². The van der Waals surface area contributed by atoms with Crippen molar-refractivity contribution in [1.29, 1.82) is 0 Å². The molecule has 14 heavy (non-hydrogen) atoms. The van der Waals surface area contributed by atoms with Crippen molar-refractivity contribution < 1.29 is 4.74 Å². The summed E-state index contributed by atoms with van der Waals surface area (Å²) in [7, 11) is 0. The molecule has 0 radical (unpaired) electrons. The maximum Gasteiger partial charge on any atom is 0.130 e. The maximum atomic E-state index is 5.53. The van der Waals surface area contributed by atoms with E-state index in [2.05, 4.69) is 33.6 Å². The number of hydrogen-bond acceptors (Lipinski definition) is 2. The van der Waals surface area contributed by atoms with Gasteiger partial charge in [0.1, 0.15) is 5.75 Å². The molecule has 0 aliphatic carbocycles. The van der Waals surface area contributed by atoms with Crippen molar-refractivity contribution in [3.63, 3.8) is 0 Å². The zero-order chi connectivity index (χ0) is 9.97.